The number of ether oxygens (including phenoxy) is 7. The minimum Gasteiger partial charge on any atom is -0.497 e. The maximum Gasteiger partial charge on any atom is 0.330 e. The second-order valence-electron chi connectivity index (χ2n) is 16.4. The normalized spacial score (nSPS) is 16.9. The zero-order valence-corrected chi connectivity index (χ0v) is 43.1. The number of carbonyl (C=O) groups is 2. The molecule has 1 N–H and O–H groups in total. The Bertz CT molecular complexity index is 2240. The Morgan fingerprint density at radius 2 is 1.38 bits per heavy atom. The van der Waals surface area contributed by atoms with Crippen molar-refractivity contribution in [2.24, 2.45) is 5.41 Å². The fourth-order valence-electron chi connectivity index (χ4n) is 7.89. The molecule has 2 heterocycles. The summed E-state index contributed by atoms with van der Waals surface area (Å²) in [7, 11) is 4.10. The molecule has 5 rings (SSSR count). The summed E-state index contributed by atoms with van der Waals surface area (Å²) in [5, 5.41) is 0. The summed E-state index contributed by atoms with van der Waals surface area (Å²) in [6.45, 7) is 13.9. The number of methoxy groups -OCH3 is 2. The number of hydrogen-bond donors (Lipinski definition) is 1. The highest BCUT2D eigenvalue weighted by molar-refractivity contribution is 8.76. The van der Waals surface area contributed by atoms with Crippen molar-refractivity contribution >= 4 is 42.1 Å². The molecule has 0 bridgehead atoms. The van der Waals surface area contributed by atoms with Crippen molar-refractivity contribution < 1.29 is 51.8 Å². The van der Waals surface area contributed by atoms with E-state index in [4.69, 9.17) is 42.2 Å². The van der Waals surface area contributed by atoms with Gasteiger partial charge in [-0.05, 0) is 89.4 Å². The molecule has 0 saturated carbocycles. The number of aryl methyl sites for hydroxylation is 1. The number of nitrogens with zero attached hydrogens (tertiary/aromatic N) is 2. The van der Waals surface area contributed by atoms with Crippen LogP contribution >= 0.6 is 30.1 Å². The Morgan fingerprint density at radius 1 is 0.824 bits per heavy atom. The average molecular weight is 1000 g/mol. The highest BCUT2D eigenvalue weighted by Crippen LogP contribution is 2.52. The average Bonchev–Trinajstić information content (AvgIpc) is 3.73. The van der Waals surface area contributed by atoms with Crippen LogP contribution in [0.25, 0.3) is 0 Å². The van der Waals surface area contributed by atoms with Crippen molar-refractivity contribution in [3.63, 3.8) is 0 Å². The quantitative estimate of drug-likeness (QED) is 0.0115. The summed E-state index contributed by atoms with van der Waals surface area (Å²) in [6.07, 6.45) is -1.04. The molecule has 16 nitrogen and oxygen atoms in total. The number of benzene rings is 3. The van der Waals surface area contributed by atoms with Gasteiger partial charge >= 0.3 is 17.6 Å². The number of aromatic nitrogens is 2. The topological polar surface area (TPSA) is 175 Å². The van der Waals surface area contributed by atoms with Crippen molar-refractivity contribution in [3.8, 4) is 11.5 Å². The molecule has 1 aromatic heterocycles. The highest BCUT2D eigenvalue weighted by Gasteiger charge is 2.52. The van der Waals surface area contributed by atoms with E-state index in [1.165, 1.54) is 21.6 Å². The van der Waals surface area contributed by atoms with Crippen molar-refractivity contribution in [1.82, 2.24) is 14.2 Å². The summed E-state index contributed by atoms with van der Waals surface area (Å²) in [6, 6.07) is 24.8. The Kier molecular flexibility index (Phi) is 21.0. The van der Waals surface area contributed by atoms with Crippen LogP contribution in [-0.2, 0) is 47.9 Å². The van der Waals surface area contributed by atoms with Gasteiger partial charge in [0, 0.05) is 36.0 Å². The van der Waals surface area contributed by atoms with Crippen LogP contribution in [0.5, 0.6) is 11.5 Å². The van der Waals surface area contributed by atoms with E-state index in [0.717, 1.165) is 22.4 Å². The summed E-state index contributed by atoms with van der Waals surface area (Å²) in [4.78, 5) is 56.4. The van der Waals surface area contributed by atoms with Gasteiger partial charge in [-0.15, -0.1) is 0 Å². The van der Waals surface area contributed by atoms with Crippen LogP contribution in [0.4, 0.5) is 0 Å². The van der Waals surface area contributed by atoms with Crippen LogP contribution in [0.15, 0.2) is 94.6 Å². The molecule has 19 heteroatoms. The standard InChI is InChI=1S/C49H66N3O13PS2/c1-11-60-45(54)48(46(55)61-12-2,30-59-32-68-67-13-3)31-63-66(52(33(4)5)34(6)7)65-41-27-43(51-28-35(8)44(53)50-47(51)56)64-42(41)29-62-49(36-17-15-14-16-18-36,37-19-23-39(57-9)24-20-37)38-21-25-40(58-10)26-22-38/h14-26,28,33-34,41-43H,11-13,27,29-32H2,1-10H3,(H,50,53,56)/t41-,42+,43+,66?/m0/s1. The van der Waals surface area contributed by atoms with Crippen LogP contribution in [0, 0.1) is 12.3 Å². The summed E-state index contributed by atoms with van der Waals surface area (Å²) >= 11 is 0. The van der Waals surface area contributed by atoms with Gasteiger partial charge < -0.3 is 42.2 Å². The number of rotatable bonds is 27. The number of carbonyl (C=O) groups excluding carboxylic acids is 2. The van der Waals surface area contributed by atoms with Crippen molar-refractivity contribution in [2.75, 3.05) is 58.9 Å². The van der Waals surface area contributed by atoms with E-state index in [-0.39, 0.29) is 50.9 Å². The minimum absolute atomic E-state index is 0.000595. The Balaban J connectivity index is 1.63. The smallest absolute Gasteiger partial charge is 0.330 e. The third-order valence-corrected chi connectivity index (χ3v) is 15.4. The van der Waals surface area contributed by atoms with Crippen LogP contribution in [0.2, 0.25) is 0 Å². The van der Waals surface area contributed by atoms with Gasteiger partial charge in [0.1, 0.15) is 35.4 Å². The fourth-order valence-corrected chi connectivity index (χ4v) is 11.0. The number of esters is 2. The molecule has 0 spiro atoms. The van der Waals surface area contributed by atoms with E-state index in [9.17, 15) is 19.2 Å². The van der Waals surface area contributed by atoms with E-state index >= 15 is 0 Å². The van der Waals surface area contributed by atoms with Gasteiger partial charge in [-0.25, -0.2) is 9.46 Å². The predicted molar refractivity (Wildman–Crippen MR) is 265 cm³/mol. The van der Waals surface area contributed by atoms with E-state index in [1.807, 2.05) is 118 Å². The molecule has 0 amide bonds. The largest absolute Gasteiger partial charge is 0.497 e. The van der Waals surface area contributed by atoms with E-state index in [1.54, 1.807) is 45.8 Å². The van der Waals surface area contributed by atoms with Crippen molar-refractivity contribution in [3.05, 3.63) is 128 Å². The minimum atomic E-state index is -2.14. The summed E-state index contributed by atoms with van der Waals surface area (Å²) < 4.78 is 59.5. The first-order chi connectivity index (χ1) is 32.7. The molecular formula is C49H66N3O13PS2. The second kappa shape index (κ2) is 26.1. The highest BCUT2D eigenvalue weighted by atomic mass is 33.1. The van der Waals surface area contributed by atoms with Gasteiger partial charge in [-0.3, -0.25) is 23.9 Å². The molecule has 0 aliphatic carbocycles. The van der Waals surface area contributed by atoms with Gasteiger partial charge in [0.2, 0.25) is 5.41 Å². The molecule has 0 radical (unpaired) electrons. The van der Waals surface area contributed by atoms with Crippen molar-refractivity contribution in [1.29, 1.82) is 0 Å². The van der Waals surface area contributed by atoms with Gasteiger partial charge in [0.05, 0.1) is 53.4 Å². The molecule has 4 aromatic rings. The zero-order chi connectivity index (χ0) is 49.4. The Hall–Kier alpha value is -4.23. The maximum absolute atomic E-state index is 14.0. The Morgan fingerprint density at radius 3 is 1.90 bits per heavy atom. The molecule has 68 heavy (non-hydrogen) atoms. The molecule has 4 atom stereocenters. The molecule has 1 aliphatic rings. The lowest BCUT2D eigenvalue weighted by Gasteiger charge is -2.40. The fraction of sp³-hybridized carbons (Fsp3) is 0.510. The monoisotopic (exact) mass is 999 g/mol. The van der Waals surface area contributed by atoms with Gasteiger partial charge in [0.25, 0.3) is 14.1 Å². The van der Waals surface area contributed by atoms with Crippen LogP contribution in [0.3, 0.4) is 0 Å². The van der Waals surface area contributed by atoms with Crippen molar-refractivity contribution in [2.45, 2.75) is 97.9 Å². The first kappa shape index (κ1) is 54.7. The van der Waals surface area contributed by atoms with Gasteiger partial charge in [-0.2, -0.15) is 0 Å². The third kappa shape index (κ3) is 13.1. The summed E-state index contributed by atoms with van der Waals surface area (Å²) in [5.41, 5.74) is -1.72. The zero-order valence-electron chi connectivity index (χ0n) is 40.6. The molecular weight excluding hydrogens is 934 g/mol. The lowest BCUT2D eigenvalue weighted by molar-refractivity contribution is -0.179. The molecule has 1 saturated heterocycles. The second-order valence-corrected chi connectivity index (χ2v) is 20.5. The molecule has 1 aliphatic heterocycles. The van der Waals surface area contributed by atoms with Gasteiger partial charge in [0.15, 0.2) is 0 Å². The molecule has 372 valence electrons. The van der Waals surface area contributed by atoms with Crippen LogP contribution < -0.4 is 20.7 Å². The maximum atomic E-state index is 14.0. The Labute approximate surface area is 408 Å². The first-order valence-corrected chi connectivity index (χ1v) is 26.3. The van der Waals surface area contributed by atoms with Gasteiger partial charge in [-0.1, -0.05) is 83.1 Å². The lowest BCUT2D eigenvalue weighted by Crippen LogP contribution is -2.49. The SMILES string of the molecule is CCOC(=O)C(COCSSCC)(COP(O[C@H]1C[C@H](n2cc(C)c(=O)[nH]c2=O)O[C@@H]1COC(c1ccccc1)(c1ccc(OC)cc1)c1ccc(OC)cc1)N(C(C)C)C(C)C)C(=O)OCC. The number of H-pyrrole nitrogens is 1. The molecule has 1 fully saturated rings. The molecule has 3 aromatic carbocycles. The van der Waals surface area contributed by atoms with E-state index in [2.05, 4.69) is 4.98 Å². The number of nitrogens with one attached hydrogen (secondary N) is 1. The predicted octanol–water partition coefficient (Wildman–Crippen LogP) is 8.39. The number of hydrogen-bond acceptors (Lipinski definition) is 16. The lowest BCUT2D eigenvalue weighted by atomic mass is 9.80. The van der Waals surface area contributed by atoms with Crippen LogP contribution in [0.1, 0.15) is 83.4 Å². The van der Waals surface area contributed by atoms with E-state index in [0.29, 0.717) is 17.1 Å². The first-order valence-electron chi connectivity index (χ1n) is 22.7. The van der Waals surface area contributed by atoms with Crippen LogP contribution in [-0.4, -0.2) is 109 Å². The van der Waals surface area contributed by atoms with E-state index < -0.39 is 67.8 Å². The third-order valence-electron chi connectivity index (χ3n) is 11.2. The molecule has 1 unspecified atom stereocenters. The summed E-state index contributed by atoms with van der Waals surface area (Å²) in [5.74, 6) is 0.653. The number of aromatic amines is 1.